The molecule has 2 fully saturated rings. The number of carbonyl (C=O) groups is 3. The van der Waals surface area contributed by atoms with Crippen molar-refractivity contribution in [2.75, 3.05) is 20.1 Å². The Morgan fingerprint density at radius 1 is 1.47 bits per heavy atom. The standard InChI is InChI=1S/C13H20N2O4/c1-3-13(12(18)19)5-4-6-15(8-13)9-7-10(16)14(2)11(9)17/h9H,3-8H2,1-2H3,(H,18,19). The number of amides is 2. The Kier molecular flexibility index (Phi) is 3.62. The van der Waals surface area contributed by atoms with Crippen molar-refractivity contribution in [3.05, 3.63) is 0 Å². The van der Waals surface area contributed by atoms with Gasteiger partial charge in [0.15, 0.2) is 0 Å². The highest BCUT2D eigenvalue weighted by molar-refractivity contribution is 6.05. The molecule has 2 saturated heterocycles. The SMILES string of the molecule is CCC1(C(=O)O)CCCN(C2CC(=O)N(C)C2=O)C1. The summed E-state index contributed by atoms with van der Waals surface area (Å²) in [6.45, 7) is 2.91. The highest BCUT2D eigenvalue weighted by atomic mass is 16.4. The summed E-state index contributed by atoms with van der Waals surface area (Å²) in [5.74, 6) is -1.19. The van der Waals surface area contributed by atoms with Crippen LogP contribution in [0.1, 0.15) is 32.6 Å². The highest BCUT2D eigenvalue weighted by Gasteiger charge is 2.47. The third-order valence-corrected chi connectivity index (χ3v) is 4.54. The number of carbonyl (C=O) groups excluding carboxylic acids is 2. The van der Waals surface area contributed by atoms with Gasteiger partial charge in [0.1, 0.15) is 0 Å². The van der Waals surface area contributed by atoms with Crippen molar-refractivity contribution < 1.29 is 19.5 Å². The van der Waals surface area contributed by atoms with Gasteiger partial charge in [-0.3, -0.25) is 24.2 Å². The van der Waals surface area contributed by atoms with Crippen LogP contribution in [0, 0.1) is 5.41 Å². The molecule has 6 nitrogen and oxygen atoms in total. The molecule has 0 bridgehead atoms. The van der Waals surface area contributed by atoms with Gasteiger partial charge < -0.3 is 5.11 Å². The monoisotopic (exact) mass is 268 g/mol. The van der Waals surface area contributed by atoms with Crippen molar-refractivity contribution >= 4 is 17.8 Å². The zero-order valence-corrected chi connectivity index (χ0v) is 11.4. The minimum Gasteiger partial charge on any atom is -0.481 e. The number of piperidine rings is 1. The molecule has 2 heterocycles. The Balaban J connectivity index is 2.16. The fourth-order valence-corrected chi connectivity index (χ4v) is 3.07. The molecule has 6 heteroatoms. The van der Waals surface area contributed by atoms with Gasteiger partial charge in [-0.25, -0.2) is 0 Å². The van der Waals surface area contributed by atoms with E-state index in [0.29, 0.717) is 25.9 Å². The molecule has 2 aliphatic rings. The molecule has 0 radical (unpaired) electrons. The molecule has 2 unspecified atom stereocenters. The number of aliphatic carboxylic acids is 1. The van der Waals surface area contributed by atoms with Gasteiger partial charge in [0.2, 0.25) is 11.8 Å². The molecule has 0 spiro atoms. The van der Waals surface area contributed by atoms with Gasteiger partial charge in [0.25, 0.3) is 0 Å². The van der Waals surface area contributed by atoms with E-state index in [1.807, 2.05) is 11.8 Å². The van der Waals surface area contributed by atoms with Crippen LogP contribution in [0.3, 0.4) is 0 Å². The molecule has 2 rings (SSSR count). The summed E-state index contributed by atoms with van der Waals surface area (Å²) in [4.78, 5) is 38.1. The van der Waals surface area contributed by atoms with Crippen LogP contribution in [0.15, 0.2) is 0 Å². The van der Waals surface area contributed by atoms with Crippen molar-refractivity contribution in [3.63, 3.8) is 0 Å². The molecule has 0 saturated carbocycles. The molecule has 2 amide bonds. The molecule has 0 aliphatic carbocycles. The number of nitrogens with zero attached hydrogens (tertiary/aromatic N) is 2. The summed E-state index contributed by atoms with van der Waals surface area (Å²) < 4.78 is 0. The van der Waals surface area contributed by atoms with Crippen LogP contribution in [0.2, 0.25) is 0 Å². The maximum absolute atomic E-state index is 12.0. The second-order valence-corrected chi connectivity index (χ2v) is 5.52. The smallest absolute Gasteiger partial charge is 0.310 e. The molecule has 1 N–H and O–H groups in total. The van der Waals surface area contributed by atoms with Gasteiger partial charge in [-0.1, -0.05) is 6.92 Å². The van der Waals surface area contributed by atoms with E-state index >= 15 is 0 Å². The third kappa shape index (κ3) is 2.25. The van der Waals surface area contributed by atoms with Crippen molar-refractivity contribution in [2.45, 2.75) is 38.6 Å². The van der Waals surface area contributed by atoms with E-state index < -0.39 is 17.4 Å². The van der Waals surface area contributed by atoms with Crippen LogP contribution in [0.4, 0.5) is 0 Å². The van der Waals surface area contributed by atoms with Gasteiger partial charge in [-0.2, -0.15) is 0 Å². The fourth-order valence-electron chi connectivity index (χ4n) is 3.07. The maximum atomic E-state index is 12.0. The highest BCUT2D eigenvalue weighted by Crippen LogP contribution is 2.35. The number of hydrogen-bond acceptors (Lipinski definition) is 4. The number of likely N-dealkylation sites (tertiary alicyclic amines) is 2. The zero-order chi connectivity index (χ0) is 14.2. The van der Waals surface area contributed by atoms with Crippen molar-refractivity contribution in [1.29, 1.82) is 0 Å². The number of imide groups is 1. The number of hydrogen-bond donors (Lipinski definition) is 1. The van der Waals surface area contributed by atoms with Gasteiger partial charge in [-0.05, 0) is 25.8 Å². The third-order valence-electron chi connectivity index (χ3n) is 4.54. The van der Waals surface area contributed by atoms with Crippen LogP contribution in [0.25, 0.3) is 0 Å². The molecule has 0 aromatic heterocycles. The molecule has 106 valence electrons. The molecule has 0 aromatic carbocycles. The Labute approximate surface area is 112 Å². The van der Waals surface area contributed by atoms with Crippen molar-refractivity contribution in [3.8, 4) is 0 Å². The predicted molar refractivity (Wildman–Crippen MR) is 67.3 cm³/mol. The minimum atomic E-state index is -0.801. The fraction of sp³-hybridized carbons (Fsp3) is 0.769. The van der Waals surface area contributed by atoms with Crippen LogP contribution >= 0.6 is 0 Å². The summed E-state index contributed by atoms with van der Waals surface area (Å²) in [7, 11) is 1.49. The number of rotatable bonds is 3. The van der Waals surface area contributed by atoms with Crippen LogP contribution in [-0.2, 0) is 14.4 Å². The average Bonchev–Trinajstić information content (AvgIpc) is 2.66. The second kappa shape index (κ2) is 4.92. The summed E-state index contributed by atoms with van der Waals surface area (Å²) in [6, 6.07) is -0.469. The first kappa shape index (κ1) is 14.0. The average molecular weight is 268 g/mol. The second-order valence-electron chi connectivity index (χ2n) is 5.52. The van der Waals surface area contributed by atoms with Crippen LogP contribution < -0.4 is 0 Å². The first-order valence-corrected chi connectivity index (χ1v) is 6.69. The minimum absolute atomic E-state index is 0.175. The summed E-state index contributed by atoms with van der Waals surface area (Å²) in [6.07, 6.45) is 2.11. The quantitative estimate of drug-likeness (QED) is 0.746. The number of carboxylic acid groups (broad SMARTS) is 1. The van der Waals surface area contributed by atoms with E-state index in [1.165, 1.54) is 7.05 Å². The Hall–Kier alpha value is -1.43. The lowest BCUT2D eigenvalue weighted by Crippen LogP contribution is -2.52. The molecule has 19 heavy (non-hydrogen) atoms. The van der Waals surface area contributed by atoms with E-state index in [9.17, 15) is 19.5 Å². The van der Waals surface area contributed by atoms with E-state index in [1.54, 1.807) is 0 Å². The topological polar surface area (TPSA) is 77.9 Å². The largest absolute Gasteiger partial charge is 0.481 e. The predicted octanol–water partition coefficient (Wildman–Crippen LogP) is 0.320. The zero-order valence-electron chi connectivity index (χ0n) is 11.4. The first-order valence-electron chi connectivity index (χ1n) is 6.69. The molecular formula is C13H20N2O4. The van der Waals surface area contributed by atoms with Gasteiger partial charge >= 0.3 is 5.97 Å². The maximum Gasteiger partial charge on any atom is 0.310 e. The number of carboxylic acids is 1. The van der Waals surface area contributed by atoms with Crippen molar-refractivity contribution in [1.82, 2.24) is 9.80 Å². The van der Waals surface area contributed by atoms with Crippen LogP contribution in [0.5, 0.6) is 0 Å². The summed E-state index contributed by atoms with van der Waals surface area (Å²) in [5, 5.41) is 9.43. The lowest BCUT2D eigenvalue weighted by Gasteiger charge is -2.41. The van der Waals surface area contributed by atoms with Gasteiger partial charge in [-0.15, -0.1) is 0 Å². The molecular weight excluding hydrogens is 248 g/mol. The first-order chi connectivity index (χ1) is 8.91. The Bertz CT molecular complexity index is 423. The van der Waals surface area contributed by atoms with E-state index in [2.05, 4.69) is 0 Å². The van der Waals surface area contributed by atoms with Gasteiger partial charge in [0, 0.05) is 13.6 Å². The Morgan fingerprint density at radius 3 is 2.63 bits per heavy atom. The lowest BCUT2D eigenvalue weighted by atomic mass is 9.77. The Morgan fingerprint density at radius 2 is 2.16 bits per heavy atom. The van der Waals surface area contributed by atoms with Crippen molar-refractivity contribution in [2.24, 2.45) is 5.41 Å². The lowest BCUT2D eigenvalue weighted by molar-refractivity contribution is -0.155. The van der Waals surface area contributed by atoms with Crippen LogP contribution in [-0.4, -0.2) is 58.9 Å². The van der Waals surface area contributed by atoms with E-state index in [0.717, 1.165) is 11.3 Å². The number of likely N-dealkylation sites (N-methyl/N-ethyl adjacent to an activating group) is 1. The summed E-state index contributed by atoms with van der Waals surface area (Å²) in [5.41, 5.74) is -0.775. The molecule has 2 aliphatic heterocycles. The van der Waals surface area contributed by atoms with Gasteiger partial charge in [0.05, 0.1) is 17.9 Å². The molecule has 2 atom stereocenters. The normalized spacial score (nSPS) is 32.9. The van der Waals surface area contributed by atoms with E-state index in [4.69, 9.17) is 0 Å². The summed E-state index contributed by atoms with van der Waals surface area (Å²) >= 11 is 0. The van der Waals surface area contributed by atoms with E-state index in [-0.39, 0.29) is 18.2 Å². The molecule has 0 aromatic rings.